The van der Waals surface area contributed by atoms with Gasteiger partial charge in [-0.2, -0.15) is 0 Å². The maximum atomic E-state index is 6.27. The lowest BCUT2D eigenvalue weighted by molar-refractivity contribution is 0.0594. The summed E-state index contributed by atoms with van der Waals surface area (Å²) in [5.74, 6) is 0. The van der Waals surface area contributed by atoms with Crippen molar-refractivity contribution >= 4 is 26.1 Å². The fourth-order valence-electron chi connectivity index (χ4n) is 1.38. The van der Waals surface area contributed by atoms with E-state index in [1.54, 1.807) is 0 Å². The molecule has 0 amide bonds. The van der Waals surface area contributed by atoms with Gasteiger partial charge in [0.05, 0.1) is 8.07 Å². The molecule has 6 heteroatoms. The Morgan fingerprint density at radius 1 is 1.06 bits per heavy atom. The molecule has 0 aromatic rings. The monoisotopic (exact) mass is 296 g/mol. The van der Waals surface area contributed by atoms with E-state index in [1.807, 2.05) is 13.8 Å². The molecule has 0 fully saturated rings. The van der Waals surface area contributed by atoms with E-state index in [0.717, 1.165) is 12.2 Å². The third-order valence-electron chi connectivity index (χ3n) is 2.75. The smallest absolute Gasteiger partial charge is 0.374 e. The summed E-state index contributed by atoms with van der Waals surface area (Å²) in [6.07, 6.45) is 0.963. The second-order valence-corrected chi connectivity index (χ2v) is 14.0. The van der Waals surface area contributed by atoms with Crippen molar-refractivity contribution in [2.24, 2.45) is 0 Å². The molecule has 2 unspecified atom stereocenters. The van der Waals surface area contributed by atoms with Crippen LogP contribution in [0.5, 0.6) is 0 Å². The van der Waals surface area contributed by atoms with E-state index >= 15 is 0 Å². The zero-order valence-corrected chi connectivity index (χ0v) is 15.4. The Hall–Kier alpha value is 0.744. The first-order chi connectivity index (χ1) is 7.81. The van der Waals surface area contributed by atoms with Gasteiger partial charge in [-0.3, -0.25) is 0 Å². The Balaban J connectivity index is 4.75. The zero-order chi connectivity index (χ0) is 13.5. The highest BCUT2D eigenvalue weighted by molar-refractivity contribution is 7.16. The van der Waals surface area contributed by atoms with Crippen molar-refractivity contribution in [2.45, 2.75) is 52.2 Å². The zero-order valence-electron chi connectivity index (χ0n) is 12.2. The van der Waals surface area contributed by atoms with Crippen molar-refractivity contribution in [3.8, 4) is 0 Å². The molecule has 3 nitrogen and oxygen atoms in total. The number of rotatable bonds is 9. The molecular weight excluding hydrogens is 267 g/mol. The van der Waals surface area contributed by atoms with E-state index in [2.05, 4.69) is 35.8 Å². The Labute approximate surface area is 111 Å². The highest BCUT2D eigenvalue weighted by Crippen LogP contribution is 2.23. The number of hydrogen-bond acceptors (Lipinski definition) is 3. The van der Waals surface area contributed by atoms with Gasteiger partial charge in [0.15, 0.2) is 0 Å². The van der Waals surface area contributed by atoms with Gasteiger partial charge in [0.25, 0.3) is 0 Å². The predicted octanol–water partition coefficient (Wildman–Crippen LogP) is 3.16. The number of hydrogen-bond donors (Lipinski definition) is 0. The van der Waals surface area contributed by atoms with Crippen LogP contribution in [-0.4, -0.2) is 42.0 Å². The van der Waals surface area contributed by atoms with Gasteiger partial charge in [-0.15, -0.1) is 9.24 Å². The Kier molecular flexibility index (Phi) is 8.37. The molecule has 0 bridgehead atoms. The van der Waals surface area contributed by atoms with Gasteiger partial charge in [-0.25, -0.2) is 0 Å². The Morgan fingerprint density at radius 2 is 1.53 bits per heavy atom. The van der Waals surface area contributed by atoms with Crippen molar-refractivity contribution in [2.75, 3.05) is 19.4 Å². The molecule has 0 aliphatic heterocycles. The van der Waals surface area contributed by atoms with Crippen molar-refractivity contribution in [1.82, 2.24) is 0 Å². The highest BCUT2D eigenvalue weighted by atomic mass is 31.0. The van der Waals surface area contributed by atoms with E-state index in [9.17, 15) is 0 Å². The topological polar surface area (TPSA) is 27.7 Å². The quantitative estimate of drug-likeness (QED) is 0.483. The highest BCUT2D eigenvalue weighted by Gasteiger charge is 2.43. The van der Waals surface area contributed by atoms with Crippen LogP contribution in [0.4, 0.5) is 0 Å². The molecule has 0 aromatic heterocycles. The summed E-state index contributed by atoms with van der Waals surface area (Å²) in [5, 5.41) is 0. The third-order valence-corrected chi connectivity index (χ3v) is 9.48. The molecular formula is C11H29O3PSi2. The van der Waals surface area contributed by atoms with Crippen LogP contribution in [0.2, 0.25) is 25.7 Å². The molecule has 0 aliphatic carbocycles. The van der Waals surface area contributed by atoms with E-state index in [-0.39, 0.29) is 5.73 Å². The van der Waals surface area contributed by atoms with Crippen LogP contribution < -0.4 is 0 Å². The molecule has 0 radical (unpaired) electrons. The molecule has 0 spiro atoms. The first-order valence-corrected chi connectivity index (χ1v) is 12.8. The maximum Gasteiger partial charge on any atom is 0.501 e. The van der Waals surface area contributed by atoms with Crippen molar-refractivity contribution in [3.05, 3.63) is 0 Å². The Morgan fingerprint density at radius 3 is 1.82 bits per heavy atom. The Bertz CT molecular complexity index is 192. The molecule has 104 valence electrons. The lowest BCUT2D eigenvalue weighted by atomic mass is 10.9. The second-order valence-electron chi connectivity index (χ2n) is 5.21. The standard InChI is InChI=1S/C11H29O3PSi2/c1-7-12-17(10-9-15,13-8-2)14-11(3)16(4,5)6/h11H,7-10,15H2,1-6H3. The van der Waals surface area contributed by atoms with Gasteiger partial charge in [-0.05, 0) is 26.9 Å². The van der Waals surface area contributed by atoms with Gasteiger partial charge in [0.1, 0.15) is 0 Å². The molecule has 0 heterocycles. The lowest BCUT2D eigenvalue weighted by Crippen LogP contribution is -2.53. The van der Waals surface area contributed by atoms with Crippen LogP contribution in [-0.2, 0) is 13.3 Å². The van der Waals surface area contributed by atoms with E-state index in [4.69, 9.17) is 13.3 Å². The first-order valence-electron chi connectivity index (χ1n) is 6.47. The van der Waals surface area contributed by atoms with Crippen molar-refractivity contribution in [3.63, 3.8) is 0 Å². The summed E-state index contributed by atoms with van der Waals surface area (Å²) in [6.45, 7) is 14.4. The minimum atomic E-state index is -2.45. The van der Waals surface area contributed by atoms with E-state index in [1.165, 1.54) is 0 Å². The van der Waals surface area contributed by atoms with Gasteiger partial charge in [0, 0.05) is 25.0 Å². The van der Waals surface area contributed by atoms with Crippen LogP contribution >= 0.6 is 9.24 Å². The summed E-state index contributed by atoms with van der Waals surface area (Å²) in [7, 11) is -1.03. The third kappa shape index (κ3) is 6.46. The van der Waals surface area contributed by atoms with Gasteiger partial charge in [-0.1, -0.05) is 19.6 Å². The minimum absolute atomic E-state index is 0.267. The molecule has 0 saturated heterocycles. The SMILES string of the molecule is CCO[Si](CCP)(OCC)OC(C)[Si](C)(C)C. The largest absolute Gasteiger partial charge is 0.501 e. The maximum absolute atomic E-state index is 6.27. The van der Waals surface area contributed by atoms with Crippen molar-refractivity contribution < 1.29 is 13.3 Å². The average Bonchev–Trinajstić information content (AvgIpc) is 2.17. The fraction of sp³-hybridized carbons (Fsp3) is 1.00. The molecule has 0 saturated carbocycles. The second kappa shape index (κ2) is 8.02. The molecule has 0 N–H and O–H groups in total. The van der Waals surface area contributed by atoms with Crippen LogP contribution in [0.1, 0.15) is 20.8 Å². The van der Waals surface area contributed by atoms with Gasteiger partial charge >= 0.3 is 8.80 Å². The normalized spacial score (nSPS) is 15.0. The molecule has 0 aromatic carbocycles. The molecule has 0 aliphatic rings. The summed E-state index contributed by atoms with van der Waals surface area (Å²) in [5.41, 5.74) is 0.267. The fourth-order valence-corrected chi connectivity index (χ4v) is 6.79. The summed E-state index contributed by atoms with van der Waals surface area (Å²) >= 11 is 0. The molecule has 2 atom stereocenters. The summed E-state index contributed by atoms with van der Waals surface area (Å²) in [6, 6.07) is 0.883. The van der Waals surface area contributed by atoms with E-state index < -0.39 is 16.9 Å². The van der Waals surface area contributed by atoms with E-state index in [0.29, 0.717) is 13.2 Å². The van der Waals surface area contributed by atoms with Crippen LogP contribution in [0, 0.1) is 0 Å². The van der Waals surface area contributed by atoms with Crippen LogP contribution in [0.3, 0.4) is 0 Å². The van der Waals surface area contributed by atoms with Crippen molar-refractivity contribution in [1.29, 1.82) is 0 Å². The first kappa shape index (κ1) is 17.7. The van der Waals surface area contributed by atoms with Gasteiger partial charge in [0.2, 0.25) is 0 Å². The van der Waals surface area contributed by atoms with Gasteiger partial charge < -0.3 is 13.3 Å². The summed E-state index contributed by atoms with van der Waals surface area (Å²) < 4.78 is 18.0. The average molecular weight is 296 g/mol. The lowest BCUT2D eigenvalue weighted by Gasteiger charge is -2.35. The van der Waals surface area contributed by atoms with Crippen LogP contribution in [0.15, 0.2) is 0 Å². The van der Waals surface area contributed by atoms with Crippen LogP contribution in [0.25, 0.3) is 0 Å². The molecule has 0 rings (SSSR count). The predicted molar refractivity (Wildman–Crippen MR) is 82.3 cm³/mol. The molecule has 17 heavy (non-hydrogen) atoms. The summed E-state index contributed by atoms with van der Waals surface area (Å²) in [4.78, 5) is 0. The minimum Gasteiger partial charge on any atom is -0.374 e.